The van der Waals surface area contributed by atoms with E-state index in [1.54, 1.807) is 23.7 Å². The Balaban J connectivity index is 1.76. The number of carbonyl (C=O) groups excluding carboxylic acids is 2. The number of allylic oxidation sites excluding steroid dienone is 1. The van der Waals surface area contributed by atoms with E-state index in [1.807, 2.05) is 48.5 Å². The Labute approximate surface area is 163 Å². The van der Waals surface area contributed by atoms with E-state index in [9.17, 15) is 9.59 Å². The predicted octanol–water partition coefficient (Wildman–Crippen LogP) is 2.94. The Morgan fingerprint density at radius 1 is 0.964 bits per heavy atom. The normalized spacial score (nSPS) is 14.5. The zero-order valence-corrected chi connectivity index (χ0v) is 15.4. The number of nitrogens with zero attached hydrogens (tertiary/aromatic N) is 1. The number of hydroxylamine groups is 1. The number of morpholine rings is 1. The van der Waals surface area contributed by atoms with Crippen LogP contribution in [-0.4, -0.2) is 43.2 Å². The molecule has 0 spiro atoms. The average Bonchev–Trinajstić information content (AvgIpc) is 2.76. The lowest BCUT2D eigenvalue weighted by molar-refractivity contribution is -0.124. The second-order valence-corrected chi connectivity index (χ2v) is 6.29. The van der Waals surface area contributed by atoms with Crippen molar-refractivity contribution in [2.45, 2.75) is 0 Å². The molecule has 1 fully saturated rings. The van der Waals surface area contributed by atoms with Crippen LogP contribution in [0.25, 0.3) is 12.2 Å². The van der Waals surface area contributed by atoms with Gasteiger partial charge in [0, 0.05) is 30.4 Å². The van der Waals surface area contributed by atoms with E-state index in [4.69, 9.17) is 9.94 Å². The number of rotatable bonds is 6. The van der Waals surface area contributed by atoms with Gasteiger partial charge in [0.05, 0.1) is 13.2 Å². The van der Waals surface area contributed by atoms with Crippen LogP contribution in [-0.2, 0) is 9.53 Å². The molecule has 0 atom stereocenters. The van der Waals surface area contributed by atoms with Crippen molar-refractivity contribution in [3.63, 3.8) is 0 Å². The van der Waals surface area contributed by atoms with Gasteiger partial charge >= 0.3 is 0 Å². The van der Waals surface area contributed by atoms with E-state index < -0.39 is 5.91 Å². The highest BCUT2D eigenvalue weighted by molar-refractivity contribution is 6.10. The fourth-order valence-corrected chi connectivity index (χ4v) is 3.00. The summed E-state index contributed by atoms with van der Waals surface area (Å²) in [4.78, 5) is 26.0. The van der Waals surface area contributed by atoms with Crippen molar-refractivity contribution in [2.75, 3.05) is 31.2 Å². The lowest BCUT2D eigenvalue weighted by Gasteiger charge is -2.30. The number of nitrogens with one attached hydrogen (secondary N) is 1. The van der Waals surface area contributed by atoms with Crippen molar-refractivity contribution in [3.05, 3.63) is 77.4 Å². The summed E-state index contributed by atoms with van der Waals surface area (Å²) in [6, 6.07) is 15.0. The summed E-state index contributed by atoms with van der Waals surface area (Å²) < 4.78 is 5.39. The molecule has 0 bridgehead atoms. The number of hydrogen-bond donors (Lipinski definition) is 2. The Bertz CT molecular complexity index is 899. The van der Waals surface area contributed by atoms with Crippen LogP contribution in [0, 0.1) is 0 Å². The van der Waals surface area contributed by atoms with Gasteiger partial charge in [-0.2, -0.15) is 0 Å². The highest BCUT2D eigenvalue weighted by Crippen LogP contribution is 2.22. The highest BCUT2D eigenvalue weighted by Gasteiger charge is 2.16. The molecule has 1 aliphatic heterocycles. The zero-order chi connectivity index (χ0) is 19.8. The minimum absolute atomic E-state index is 0.0669. The monoisotopic (exact) mass is 378 g/mol. The summed E-state index contributed by atoms with van der Waals surface area (Å²) in [7, 11) is 0. The molecule has 6 heteroatoms. The van der Waals surface area contributed by atoms with Crippen molar-refractivity contribution in [2.24, 2.45) is 0 Å². The summed E-state index contributed by atoms with van der Waals surface area (Å²) in [5, 5.41) is 8.53. The molecule has 2 aromatic carbocycles. The Morgan fingerprint density at radius 2 is 1.64 bits per heavy atom. The molecular formula is C22H22N2O4. The molecule has 2 N–H and O–H groups in total. The number of ketones is 1. The quantitative estimate of drug-likeness (QED) is 0.350. The molecule has 3 rings (SSSR count). The standard InChI is InChI=1S/C22H22N2O4/c25-21(19-6-1-2-7-20(19)24-12-14-28-15-13-24)10-8-17-4-3-5-18(16-17)9-11-22(26)23-27/h1-11,16,27H,12-15H2,(H,23,26)/b10-8+,11-9+. The molecule has 1 heterocycles. The van der Waals surface area contributed by atoms with Gasteiger partial charge in [-0.3, -0.25) is 14.8 Å². The number of ether oxygens (including phenoxy) is 1. The minimum atomic E-state index is -0.601. The molecule has 0 aliphatic carbocycles. The first-order valence-electron chi connectivity index (χ1n) is 9.04. The maximum Gasteiger partial charge on any atom is 0.267 e. The van der Waals surface area contributed by atoms with Crippen molar-refractivity contribution < 1.29 is 19.5 Å². The second kappa shape index (κ2) is 9.64. The van der Waals surface area contributed by atoms with Crippen LogP contribution in [0.3, 0.4) is 0 Å². The zero-order valence-electron chi connectivity index (χ0n) is 15.4. The first kappa shape index (κ1) is 19.5. The van der Waals surface area contributed by atoms with Gasteiger partial charge in [-0.25, -0.2) is 5.48 Å². The molecule has 28 heavy (non-hydrogen) atoms. The molecule has 0 unspecified atom stereocenters. The van der Waals surface area contributed by atoms with Crippen molar-refractivity contribution >= 4 is 29.5 Å². The molecule has 1 amide bonds. The highest BCUT2D eigenvalue weighted by atomic mass is 16.5. The van der Waals surface area contributed by atoms with Gasteiger partial charge in [-0.1, -0.05) is 36.4 Å². The van der Waals surface area contributed by atoms with Crippen LogP contribution in [0.2, 0.25) is 0 Å². The fraction of sp³-hybridized carbons (Fsp3) is 0.182. The largest absolute Gasteiger partial charge is 0.378 e. The molecule has 1 aliphatic rings. The molecule has 6 nitrogen and oxygen atoms in total. The van der Waals surface area contributed by atoms with E-state index in [0.29, 0.717) is 18.8 Å². The molecule has 2 aromatic rings. The molecular weight excluding hydrogens is 356 g/mol. The van der Waals surface area contributed by atoms with Gasteiger partial charge in [0.25, 0.3) is 5.91 Å². The molecule has 0 radical (unpaired) electrons. The molecule has 1 saturated heterocycles. The second-order valence-electron chi connectivity index (χ2n) is 6.29. The van der Waals surface area contributed by atoms with Crippen LogP contribution < -0.4 is 10.4 Å². The Morgan fingerprint density at radius 3 is 2.36 bits per heavy atom. The van der Waals surface area contributed by atoms with Gasteiger partial charge in [-0.15, -0.1) is 0 Å². The number of hydrogen-bond acceptors (Lipinski definition) is 5. The maximum absolute atomic E-state index is 12.8. The summed E-state index contributed by atoms with van der Waals surface area (Å²) in [5.41, 5.74) is 4.75. The fourth-order valence-electron chi connectivity index (χ4n) is 3.00. The number of carbonyl (C=O) groups is 2. The summed E-state index contributed by atoms with van der Waals surface area (Å²) >= 11 is 0. The van der Waals surface area contributed by atoms with Crippen LogP contribution in [0.4, 0.5) is 5.69 Å². The van der Waals surface area contributed by atoms with Crippen molar-refractivity contribution in [1.82, 2.24) is 5.48 Å². The van der Waals surface area contributed by atoms with E-state index in [0.717, 1.165) is 29.9 Å². The van der Waals surface area contributed by atoms with E-state index in [-0.39, 0.29) is 5.78 Å². The molecule has 0 aromatic heterocycles. The van der Waals surface area contributed by atoms with E-state index in [2.05, 4.69) is 4.90 Å². The molecule has 0 saturated carbocycles. The Kier molecular flexibility index (Phi) is 6.73. The lowest BCUT2D eigenvalue weighted by Crippen LogP contribution is -2.37. The van der Waals surface area contributed by atoms with Crippen LogP contribution in [0.1, 0.15) is 21.5 Å². The first-order valence-corrected chi connectivity index (χ1v) is 9.04. The summed E-state index contributed by atoms with van der Waals surface area (Å²) in [5.74, 6) is -0.668. The predicted molar refractivity (Wildman–Crippen MR) is 108 cm³/mol. The van der Waals surface area contributed by atoms with E-state index in [1.165, 1.54) is 6.08 Å². The van der Waals surface area contributed by atoms with Gasteiger partial charge in [0.2, 0.25) is 0 Å². The van der Waals surface area contributed by atoms with Gasteiger partial charge < -0.3 is 9.64 Å². The van der Waals surface area contributed by atoms with Gasteiger partial charge in [0.15, 0.2) is 5.78 Å². The molecule has 144 valence electrons. The number of para-hydroxylation sites is 1. The lowest BCUT2D eigenvalue weighted by atomic mass is 10.0. The number of benzene rings is 2. The SMILES string of the molecule is O=C(/C=C/c1cccc(/C=C/C(=O)c2ccccc2N2CCOCC2)c1)NO. The smallest absolute Gasteiger partial charge is 0.267 e. The average molecular weight is 378 g/mol. The third-order valence-electron chi connectivity index (χ3n) is 4.40. The van der Waals surface area contributed by atoms with Gasteiger partial charge in [-0.05, 0) is 41.5 Å². The topological polar surface area (TPSA) is 78.9 Å². The summed E-state index contributed by atoms with van der Waals surface area (Å²) in [6.07, 6.45) is 6.12. The van der Waals surface area contributed by atoms with Crippen LogP contribution >= 0.6 is 0 Å². The van der Waals surface area contributed by atoms with Crippen LogP contribution in [0.5, 0.6) is 0 Å². The maximum atomic E-state index is 12.8. The first-order chi connectivity index (χ1) is 13.7. The third-order valence-corrected chi connectivity index (χ3v) is 4.40. The van der Waals surface area contributed by atoms with E-state index >= 15 is 0 Å². The summed E-state index contributed by atoms with van der Waals surface area (Å²) in [6.45, 7) is 2.85. The van der Waals surface area contributed by atoms with Crippen molar-refractivity contribution in [1.29, 1.82) is 0 Å². The Hall–Kier alpha value is -3.22. The minimum Gasteiger partial charge on any atom is -0.378 e. The van der Waals surface area contributed by atoms with Gasteiger partial charge in [0.1, 0.15) is 0 Å². The number of amides is 1. The van der Waals surface area contributed by atoms with Crippen LogP contribution in [0.15, 0.2) is 60.7 Å². The third kappa shape index (κ3) is 5.16. The van der Waals surface area contributed by atoms with Crippen molar-refractivity contribution in [3.8, 4) is 0 Å². The number of anilines is 1.